The highest BCUT2D eigenvalue weighted by molar-refractivity contribution is 5.94. The molecular formula is C26H24F2N4O2. The minimum absolute atomic E-state index is 0.143. The molecule has 1 fully saturated rings. The smallest absolute Gasteiger partial charge is 0.251 e. The van der Waals surface area contributed by atoms with Gasteiger partial charge in [-0.1, -0.05) is 18.2 Å². The number of carbonyl (C=O) groups excluding carboxylic acids is 1. The number of benzene rings is 2. The molecule has 174 valence electrons. The highest BCUT2D eigenvalue weighted by Gasteiger charge is 2.24. The predicted molar refractivity (Wildman–Crippen MR) is 124 cm³/mol. The van der Waals surface area contributed by atoms with Crippen molar-refractivity contribution in [1.82, 2.24) is 20.1 Å². The Bertz CT molecular complexity index is 1310. The molecule has 0 spiro atoms. The first kappa shape index (κ1) is 22.0. The molecule has 2 heterocycles. The second-order valence-electron chi connectivity index (χ2n) is 8.80. The standard InChI is InChI=1S/C26H24F2N4O2/c27-22-10-20(11-23(28)25(22)33)26(34)30-13-16-3-7-21(8-4-16)32-15-19-6-5-17(12-24(19)31-32)18-2-1-9-29-14-18/h1-2,5-6,9-12,14-16,21,33H,3-4,7-8,13H2,(H,30,34). The van der Waals surface area contributed by atoms with E-state index in [0.29, 0.717) is 12.6 Å². The van der Waals surface area contributed by atoms with Crippen molar-refractivity contribution in [3.63, 3.8) is 0 Å². The third-order valence-electron chi connectivity index (χ3n) is 6.54. The molecule has 0 unspecified atom stereocenters. The molecule has 1 saturated carbocycles. The van der Waals surface area contributed by atoms with Crippen LogP contribution >= 0.6 is 0 Å². The normalized spacial score (nSPS) is 18.2. The minimum atomic E-state index is -1.15. The number of hydrogen-bond acceptors (Lipinski definition) is 4. The van der Waals surface area contributed by atoms with Crippen LogP contribution in [0.25, 0.3) is 22.0 Å². The number of nitrogens with one attached hydrogen (secondary N) is 1. The Labute approximate surface area is 195 Å². The fourth-order valence-corrected chi connectivity index (χ4v) is 4.58. The van der Waals surface area contributed by atoms with Crippen molar-refractivity contribution in [1.29, 1.82) is 0 Å². The number of aromatic hydroxyl groups is 1. The van der Waals surface area contributed by atoms with Crippen LogP contribution in [0.5, 0.6) is 5.75 Å². The second kappa shape index (κ2) is 9.21. The van der Waals surface area contributed by atoms with E-state index in [-0.39, 0.29) is 11.5 Å². The van der Waals surface area contributed by atoms with Crippen LogP contribution in [0.2, 0.25) is 0 Å². The maximum absolute atomic E-state index is 13.5. The number of phenolic OH excluding ortho intramolecular Hbond substituents is 1. The topological polar surface area (TPSA) is 80.0 Å². The Morgan fingerprint density at radius 3 is 2.53 bits per heavy atom. The largest absolute Gasteiger partial charge is 0.503 e. The van der Waals surface area contributed by atoms with Gasteiger partial charge in [0.1, 0.15) is 0 Å². The number of rotatable bonds is 5. The highest BCUT2D eigenvalue weighted by atomic mass is 19.1. The third kappa shape index (κ3) is 4.48. The third-order valence-corrected chi connectivity index (χ3v) is 6.54. The summed E-state index contributed by atoms with van der Waals surface area (Å²) in [6.07, 6.45) is 9.39. The molecule has 2 aromatic heterocycles. The number of phenols is 1. The Kier molecular flexibility index (Phi) is 5.96. The van der Waals surface area contributed by atoms with Crippen LogP contribution in [0, 0.1) is 17.6 Å². The lowest BCUT2D eigenvalue weighted by Gasteiger charge is -2.28. The van der Waals surface area contributed by atoms with Gasteiger partial charge in [-0.25, -0.2) is 8.78 Å². The summed E-state index contributed by atoms with van der Waals surface area (Å²) in [4.78, 5) is 16.5. The van der Waals surface area contributed by atoms with Crippen LogP contribution < -0.4 is 5.32 Å². The molecule has 1 aliphatic rings. The van der Waals surface area contributed by atoms with Crippen molar-refractivity contribution in [3.8, 4) is 16.9 Å². The number of hydrogen-bond donors (Lipinski definition) is 2. The van der Waals surface area contributed by atoms with Crippen LogP contribution in [0.1, 0.15) is 42.1 Å². The van der Waals surface area contributed by atoms with E-state index in [2.05, 4.69) is 39.4 Å². The van der Waals surface area contributed by atoms with Gasteiger partial charge in [-0.05, 0) is 61.4 Å². The van der Waals surface area contributed by atoms with Crippen molar-refractivity contribution < 1.29 is 18.7 Å². The Balaban J connectivity index is 1.18. The fraction of sp³-hybridized carbons (Fsp3) is 0.269. The maximum Gasteiger partial charge on any atom is 0.251 e. The van der Waals surface area contributed by atoms with Crippen molar-refractivity contribution in [3.05, 3.63) is 78.3 Å². The summed E-state index contributed by atoms with van der Waals surface area (Å²) in [7, 11) is 0. The molecular weight excluding hydrogens is 438 g/mol. The summed E-state index contributed by atoms with van der Waals surface area (Å²) >= 11 is 0. The highest BCUT2D eigenvalue weighted by Crippen LogP contribution is 2.33. The summed E-state index contributed by atoms with van der Waals surface area (Å²) in [5.74, 6) is -3.64. The van der Waals surface area contributed by atoms with Crippen LogP contribution in [0.15, 0.2) is 61.1 Å². The monoisotopic (exact) mass is 462 g/mol. The van der Waals surface area contributed by atoms with Gasteiger partial charge >= 0.3 is 0 Å². The van der Waals surface area contributed by atoms with E-state index in [0.717, 1.165) is 59.8 Å². The molecule has 1 aliphatic carbocycles. The number of carbonyl (C=O) groups is 1. The van der Waals surface area contributed by atoms with Gasteiger partial charge < -0.3 is 10.4 Å². The molecule has 5 rings (SSSR count). The number of nitrogens with zero attached hydrogens (tertiary/aromatic N) is 3. The lowest BCUT2D eigenvalue weighted by atomic mass is 9.86. The molecule has 2 aromatic carbocycles. The van der Waals surface area contributed by atoms with Gasteiger partial charge in [-0.3, -0.25) is 14.5 Å². The number of halogens is 2. The van der Waals surface area contributed by atoms with E-state index in [4.69, 9.17) is 5.10 Å². The molecule has 0 saturated heterocycles. The Morgan fingerprint density at radius 1 is 1.06 bits per heavy atom. The van der Waals surface area contributed by atoms with Gasteiger partial charge in [0.25, 0.3) is 5.91 Å². The van der Waals surface area contributed by atoms with E-state index >= 15 is 0 Å². The second-order valence-corrected chi connectivity index (χ2v) is 8.80. The molecule has 8 heteroatoms. The number of aromatic nitrogens is 3. The number of fused-ring (bicyclic) bond motifs is 1. The van der Waals surface area contributed by atoms with Crippen LogP contribution in [-0.2, 0) is 0 Å². The molecule has 6 nitrogen and oxygen atoms in total. The molecule has 0 atom stereocenters. The summed E-state index contributed by atoms with van der Waals surface area (Å²) in [5.41, 5.74) is 2.94. The summed E-state index contributed by atoms with van der Waals surface area (Å²) in [6.45, 7) is 0.436. The zero-order chi connectivity index (χ0) is 23.7. The molecule has 0 radical (unpaired) electrons. The van der Waals surface area contributed by atoms with Crippen molar-refractivity contribution in [2.24, 2.45) is 5.92 Å². The van der Waals surface area contributed by atoms with E-state index < -0.39 is 23.3 Å². The summed E-state index contributed by atoms with van der Waals surface area (Å²) < 4.78 is 29.1. The van der Waals surface area contributed by atoms with Crippen molar-refractivity contribution in [2.45, 2.75) is 31.7 Å². The van der Waals surface area contributed by atoms with Crippen LogP contribution in [0.3, 0.4) is 0 Å². The van der Waals surface area contributed by atoms with Gasteiger partial charge in [0.2, 0.25) is 0 Å². The average molecular weight is 463 g/mol. The van der Waals surface area contributed by atoms with Crippen molar-refractivity contribution >= 4 is 16.8 Å². The van der Waals surface area contributed by atoms with Gasteiger partial charge in [0.05, 0.1) is 11.6 Å². The number of amides is 1. The average Bonchev–Trinajstić information content (AvgIpc) is 3.30. The summed E-state index contributed by atoms with van der Waals surface area (Å²) in [6, 6.07) is 12.2. The maximum atomic E-state index is 13.5. The zero-order valence-electron chi connectivity index (χ0n) is 18.4. The summed E-state index contributed by atoms with van der Waals surface area (Å²) in [5, 5.41) is 17.9. The first-order valence-electron chi connectivity index (χ1n) is 11.3. The van der Waals surface area contributed by atoms with Crippen molar-refractivity contribution in [2.75, 3.05) is 6.54 Å². The minimum Gasteiger partial charge on any atom is -0.503 e. The van der Waals surface area contributed by atoms with E-state index in [9.17, 15) is 18.7 Å². The van der Waals surface area contributed by atoms with E-state index in [1.54, 1.807) is 6.20 Å². The lowest BCUT2D eigenvalue weighted by Crippen LogP contribution is -2.31. The van der Waals surface area contributed by atoms with Gasteiger partial charge in [0.15, 0.2) is 17.4 Å². The fourth-order valence-electron chi connectivity index (χ4n) is 4.58. The molecule has 34 heavy (non-hydrogen) atoms. The zero-order valence-corrected chi connectivity index (χ0v) is 18.4. The van der Waals surface area contributed by atoms with Crippen LogP contribution in [-0.4, -0.2) is 32.3 Å². The predicted octanol–water partition coefficient (Wildman–Crippen LogP) is 5.24. The van der Waals surface area contributed by atoms with Gasteiger partial charge in [-0.2, -0.15) is 5.10 Å². The van der Waals surface area contributed by atoms with E-state index in [1.165, 1.54) is 0 Å². The number of pyridine rings is 1. The first-order valence-corrected chi connectivity index (χ1v) is 11.3. The van der Waals surface area contributed by atoms with Crippen LogP contribution in [0.4, 0.5) is 8.78 Å². The molecule has 2 N–H and O–H groups in total. The molecule has 0 bridgehead atoms. The Morgan fingerprint density at radius 2 is 1.82 bits per heavy atom. The SMILES string of the molecule is O=C(NCC1CCC(n2cc3ccc(-c4cccnc4)cc3n2)CC1)c1cc(F)c(O)c(F)c1. The van der Waals surface area contributed by atoms with E-state index in [1.807, 2.05) is 18.3 Å². The first-order chi connectivity index (χ1) is 16.5. The van der Waals surface area contributed by atoms with Gasteiger partial charge in [0, 0.05) is 41.6 Å². The Hall–Kier alpha value is -3.81. The quantitative estimate of drug-likeness (QED) is 0.425. The molecule has 1 amide bonds. The molecule has 4 aromatic rings. The molecule has 0 aliphatic heterocycles. The van der Waals surface area contributed by atoms with Gasteiger partial charge in [-0.15, -0.1) is 0 Å². The lowest BCUT2D eigenvalue weighted by molar-refractivity contribution is 0.0940.